The van der Waals surface area contributed by atoms with Gasteiger partial charge in [0.2, 0.25) is 0 Å². The van der Waals surface area contributed by atoms with Crippen LogP contribution in [0.2, 0.25) is 0 Å². The number of aliphatic hydroxyl groups excluding tert-OH is 1. The van der Waals surface area contributed by atoms with E-state index in [1.165, 1.54) is 11.9 Å². The molecule has 0 fully saturated rings. The summed E-state index contributed by atoms with van der Waals surface area (Å²) in [4.78, 5) is 0. The number of nitrogens with zero attached hydrogens (tertiary/aromatic N) is 1. The highest BCUT2D eigenvalue weighted by atomic mass is 32.2. The number of rotatable bonds is 4. The summed E-state index contributed by atoms with van der Waals surface area (Å²) >= 11 is 1.50. The van der Waals surface area contributed by atoms with E-state index in [0.29, 0.717) is 12.1 Å². The molecule has 0 aliphatic rings. The van der Waals surface area contributed by atoms with Crippen molar-refractivity contribution in [1.29, 1.82) is 0 Å². The van der Waals surface area contributed by atoms with Crippen LogP contribution in [0.15, 0.2) is 0 Å². The van der Waals surface area contributed by atoms with Crippen molar-refractivity contribution in [2.24, 2.45) is 0 Å². The zero-order valence-electron chi connectivity index (χ0n) is 8.03. The van der Waals surface area contributed by atoms with Crippen LogP contribution in [0.3, 0.4) is 0 Å². The van der Waals surface area contributed by atoms with Crippen LogP contribution in [0.5, 0.6) is 0 Å². The molecule has 0 aliphatic heterocycles. The molecule has 1 unspecified atom stereocenters. The summed E-state index contributed by atoms with van der Waals surface area (Å²) in [5, 5.41) is 9.14. The lowest BCUT2D eigenvalue weighted by atomic mass is 10.3. The van der Waals surface area contributed by atoms with Crippen molar-refractivity contribution in [2.75, 3.05) is 0 Å². The molecule has 2 nitrogen and oxygen atoms in total. The molecule has 0 rings (SSSR count). The summed E-state index contributed by atoms with van der Waals surface area (Å²) in [5.41, 5.74) is -0.306. The highest BCUT2D eigenvalue weighted by Crippen LogP contribution is 2.21. The predicted molar refractivity (Wildman–Crippen MR) is 51.4 cm³/mol. The second-order valence-electron chi connectivity index (χ2n) is 3.25. The van der Waals surface area contributed by atoms with Gasteiger partial charge in [-0.2, -0.15) is 0 Å². The summed E-state index contributed by atoms with van der Waals surface area (Å²) < 4.78 is 2.20. The van der Waals surface area contributed by atoms with E-state index in [0.717, 1.165) is 0 Å². The van der Waals surface area contributed by atoms with Crippen LogP contribution in [0, 0.1) is 0 Å². The Morgan fingerprint density at radius 3 is 1.45 bits per heavy atom. The van der Waals surface area contributed by atoms with Crippen molar-refractivity contribution in [1.82, 2.24) is 4.31 Å². The van der Waals surface area contributed by atoms with Crippen molar-refractivity contribution in [3.8, 4) is 0 Å². The van der Waals surface area contributed by atoms with Crippen LogP contribution >= 0.6 is 11.9 Å². The summed E-state index contributed by atoms with van der Waals surface area (Å²) in [6.45, 7) is 10.3. The van der Waals surface area contributed by atoms with Gasteiger partial charge in [-0.25, -0.2) is 4.31 Å². The van der Waals surface area contributed by atoms with Crippen molar-refractivity contribution < 1.29 is 5.11 Å². The highest BCUT2D eigenvalue weighted by molar-refractivity contribution is 7.97. The van der Waals surface area contributed by atoms with Crippen LogP contribution in [0.4, 0.5) is 0 Å². The van der Waals surface area contributed by atoms with Crippen LogP contribution < -0.4 is 0 Å². The van der Waals surface area contributed by atoms with Crippen LogP contribution in [0.1, 0.15) is 34.6 Å². The summed E-state index contributed by atoms with van der Waals surface area (Å²) in [6, 6.07) is 0.962. The molecule has 0 aromatic carbocycles. The maximum atomic E-state index is 9.14. The number of hydrogen-bond acceptors (Lipinski definition) is 3. The maximum absolute atomic E-state index is 9.14. The van der Waals surface area contributed by atoms with Crippen molar-refractivity contribution in [3.63, 3.8) is 0 Å². The first-order valence-electron chi connectivity index (χ1n) is 4.08. The van der Waals surface area contributed by atoms with Crippen molar-refractivity contribution in [2.45, 2.75) is 52.1 Å². The zero-order chi connectivity index (χ0) is 9.02. The fourth-order valence-electron chi connectivity index (χ4n) is 1.02. The first kappa shape index (κ1) is 11.3. The average molecular weight is 177 g/mol. The smallest absolute Gasteiger partial charge is 0.111 e. The molecule has 0 saturated heterocycles. The molecule has 1 N–H and O–H groups in total. The second-order valence-corrected chi connectivity index (χ2v) is 4.57. The molecule has 0 radical (unpaired) electrons. The summed E-state index contributed by atoms with van der Waals surface area (Å²) in [6.07, 6.45) is 0. The Hall–Kier alpha value is 0.270. The van der Waals surface area contributed by atoms with E-state index in [1.54, 1.807) is 6.92 Å². The van der Waals surface area contributed by atoms with E-state index in [9.17, 15) is 0 Å². The van der Waals surface area contributed by atoms with Gasteiger partial charge in [-0.05, 0) is 46.6 Å². The monoisotopic (exact) mass is 177 g/mol. The fraction of sp³-hybridized carbons (Fsp3) is 1.00. The van der Waals surface area contributed by atoms with Crippen LogP contribution in [0.25, 0.3) is 0 Å². The van der Waals surface area contributed by atoms with Gasteiger partial charge in [0.25, 0.3) is 0 Å². The molecular weight excluding hydrogens is 158 g/mol. The Bertz CT molecular complexity index is 96.3. The minimum Gasteiger partial charge on any atom is -0.381 e. The maximum Gasteiger partial charge on any atom is 0.111 e. The molecule has 0 aliphatic carbocycles. The minimum absolute atomic E-state index is 0.306. The molecule has 0 bridgehead atoms. The minimum atomic E-state index is -0.306. The normalized spacial score (nSPS) is 15.0. The largest absolute Gasteiger partial charge is 0.381 e. The molecule has 0 amide bonds. The van der Waals surface area contributed by atoms with Gasteiger partial charge < -0.3 is 5.11 Å². The number of hydrogen-bond donors (Lipinski definition) is 1. The third-order valence-corrected chi connectivity index (χ3v) is 2.68. The lowest BCUT2D eigenvalue weighted by molar-refractivity contribution is 0.262. The third-order valence-electron chi connectivity index (χ3n) is 1.29. The Kier molecular flexibility index (Phi) is 5.13. The van der Waals surface area contributed by atoms with E-state index < -0.39 is 0 Å². The van der Waals surface area contributed by atoms with Gasteiger partial charge in [-0.1, -0.05) is 0 Å². The van der Waals surface area contributed by atoms with Gasteiger partial charge in [0.05, 0.1) is 0 Å². The first-order valence-corrected chi connectivity index (χ1v) is 4.92. The molecule has 0 spiro atoms. The molecule has 0 saturated carbocycles. The summed E-state index contributed by atoms with van der Waals surface area (Å²) in [7, 11) is 0. The molecular formula is C8H19NOS. The van der Waals surface area contributed by atoms with Crippen molar-refractivity contribution >= 4 is 11.9 Å². The average Bonchev–Trinajstić information content (AvgIpc) is 1.81. The Labute approximate surface area is 74.1 Å². The molecule has 11 heavy (non-hydrogen) atoms. The van der Waals surface area contributed by atoms with Gasteiger partial charge in [-0.3, -0.25) is 0 Å². The van der Waals surface area contributed by atoms with Gasteiger partial charge in [0.1, 0.15) is 5.44 Å². The number of aliphatic hydroxyl groups is 1. The molecule has 1 atom stereocenters. The SMILES string of the molecule is CC(O)SN(C(C)C)C(C)C. The Morgan fingerprint density at radius 2 is 1.36 bits per heavy atom. The molecule has 0 heterocycles. The fourth-order valence-corrected chi connectivity index (χ4v) is 1.86. The standard InChI is InChI=1S/C8H19NOS/c1-6(2)9(7(3)4)11-8(5)10/h6-8,10H,1-5H3. The molecule has 68 valence electrons. The topological polar surface area (TPSA) is 23.5 Å². The van der Waals surface area contributed by atoms with Gasteiger partial charge in [0.15, 0.2) is 0 Å². The van der Waals surface area contributed by atoms with Gasteiger partial charge in [-0.15, -0.1) is 0 Å². The predicted octanol–water partition coefficient (Wildman–Crippen LogP) is 2.09. The van der Waals surface area contributed by atoms with E-state index in [2.05, 4.69) is 32.0 Å². The quantitative estimate of drug-likeness (QED) is 0.525. The zero-order valence-corrected chi connectivity index (χ0v) is 8.85. The van der Waals surface area contributed by atoms with Crippen LogP contribution in [-0.2, 0) is 0 Å². The van der Waals surface area contributed by atoms with E-state index in [4.69, 9.17) is 5.11 Å². The first-order chi connectivity index (χ1) is 4.95. The lowest BCUT2D eigenvalue weighted by Crippen LogP contribution is -2.32. The Balaban J connectivity index is 3.90. The molecule has 3 heteroatoms. The highest BCUT2D eigenvalue weighted by Gasteiger charge is 2.15. The van der Waals surface area contributed by atoms with Gasteiger partial charge in [0, 0.05) is 12.1 Å². The second kappa shape index (κ2) is 5.01. The summed E-state index contributed by atoms with van der Waals surface area (Å²) in [5.74, 6) is 0. The van der Waals surface area contributed by atoms with Gasteiger partial charge >= 0.3 is 0 Å². The van der Waals surface area contributed by atoms with Crippen molar-refractivity contribution in [3.05, 3.63) is 0 Å². The molecule has 0 aromatic rings. The third kappa shape index (κ3) is 4.67. The Morgan fingerprint density at radius 1 is 1.00 bits per heavy atom. The van der Waals surface area contributed by atoms with E-state index >= 15 is 0 Å². The van der Waals surface area contributed by atoms with Crippen LogP contribution in [-0.4, -0.2) is 26.9 Å². The lowest BCUT2D eigenvalue weighted by Gasteiger charge is -2.29. The van der Waals surface area contributed by atoms with E-state index in [1.807, 2.05) is 0 Å². The van der Waals surface area contributed by atoms with E-state index in [-0.39, 0.29) is 5.44 Å². The molecule has 0 aromatic heterocycles.